The van der Waals surface area contributed by atoms with E-state index in [1.54, 1.807) is 0 Å². The number of hydrogen-bond donors (Lipinski definition) is 1. The summed E-state index contributed by atoms with van der Waals surface area (Å²) in [6.07, 6.45) is 0.769. The van der Waals surface area contributed by atoms with Crippen molar-refractivity contribution in [2.75, 3.05) is 6.17 Å². The van der Waals surface area contributed by atoms with Crippen molar-refractivity contribution in [3.8, 4) is 0 Å². The molecular formula is C13H33NOSi2. The molecule has 0 atom stereocenters. The van der Waals surface area contributed by atoms with E-state index in [2.05, 4.69) is 55.4 Å². The Morgan fingerprint density at radius 3 is 1.41 bits per heavy atom. The van der Waals surface area contributed by atoms with E-state index in [0.717, 1.165) is 6.17 Å². The van der Waals surface area contributed by atoms with Gasteiger partial charge < -0.3 is 9.85 Å². The van der Waals surface area contributed by atoms with Crippen molar-refractivity contribution in [3.05, 3.63) is 0 Å². The Morgan fingerprint density at radius 1 is 0.882 bits per heavy atom. The smallest absolute Gasteiger partial charge is 0.198 e. The SMILES string of the molecule is CC(C)[SiH](O[Si](CN)(C(C)C)C(C)C)C(C)C. The third-order valence-corrected chi connectivity index (χ3v) is 14.0. The fourth-order valence-corrected chi connectivity index (χ4v) is 13.3. The largest absolute Gasteiger partial charge is 0.456 e. The van der Waals surface area contributed by atoms with Crippen LogP contribution >= 0.6 is 0 Å². The molecule has 0 aliphatic heterocycles. The molecule has 0 aromatic rings. The van der Waals surface area contributed by atoms with Gasteiger partial charge in [-0.3, -0.25) is 0 Å². The van der Waals surface area contributed by atoms with Crippen LogP contribution < -0.4 is 5.73 Å². The van der Waals surface area contributed by atoms with E-state index >= 15 is 0 Å². The van der Waals surface area contributed by atoms with Crippen molar-refractivity contribution < 1.29 is 4.12 Å². The zero-order chi connectivity index (χ0) is 13.8. The van der Waals surface area contributed by atoms with Crippen molar-refractivity contribution in [1.29, 1.82) is 0 Å². The Hall–Kier alpha value is 0.354. The molecule has 0 bridgehead atoms. The van der Waals surface area contributed by atoms with Gasteiger partial charge in [-0.2, -0.15) is 0 Å². The first-order valence-electron chi connectivity index (χ1n) is 7.06. The molecular weight excluding hydrogens is 242 g/mol. The van der Waals surface area contributed by atoms with Gasteiger partial charge in [-0.1, -0.05) is 55.4 Å². The molecule has 4 heteroatoms. The standard InChI is InChI=1S/C13H33NOSi2/c1-10(2)16(11(3)4)15-17(9-14,12(5)6)13(7)8/h10-13,16H,9,14H2,1-8H3. The van der Waals surface area contributed by atoms with Gasteiger partial charge in [0.1, 0.15) is 0 Å². The van der Waals surface area contributed by atoms with Gasteiger partial charge in [0.2, 0.25) is 0 Å². The highest BCUT2D eigenvalue weighted by atomic mass is 28.4. The summed E-state index contributed by atoms with van der Waals surface area (Å²) < 4.78 is 6.79. The van der Waals surface area contributed by atoms with Gasteiger partial charge in [0.05, 0.1) is 0 Å². The van der Waals surface area contributed by atoms with Crippen molar-refractivity contribution in [2.24, 2.45) is 5.73 Å². The van der Waals surface area contributed by atoms with Crippen molar-refractivity contribution >= 4 is 17.4 Å². The van der Waals surface area contributed by atoms with Gasteiger partial charge in [0, 0.05) is 6.17 Å². The lowest BCUT2D eigenvalue weighted by Gasteiger charge is -2.43. The van der Waals surface area contributed by atoms with Gasteiger partial charge in [0.15, 0.2) is 17.4 Å². The van der Waals surface area contributed by atoms with Crippen LogP contribution in [0.3, 0.4) is 0 Å². The molecule has 0 aromatic carbocycles. The highest BCUT2D eigenvalue weighted by molar-refractivity contribution is 6.83. The molecule has 2 N–H and O–H groups in total. The van der Waals surface area contributed by atoms with E-state index in [-0.39, 0.29) is 0 Å². The molecule has 0 unspecified atom stereocenters. The summed E-state index contributed by atoms with van der Waals surface area (Å²) in [5, 5.41) is 0. The topological polar surface area (TPSA) is 35.2 Å². The van der Waals surface area contributed by atoms with E-state index in [1.165, 1.54) is 0 Å². The summed E-state index contributed by atoms with van der Waals surface area (Å²) in [4.78, 5) is 0. The fraction of sp³-hybridized carbons (Fsp3) is 1.00. The predicted molar refractivity (Wildman–Crippen MR) is 83.4 cm³/mol. The summed E-state index contributed by atoms with van der Waals surface area (Å²) in [6.45, 7) is 18.4. The summed E-state index contributed by atoms with van der Waals surface area (Å²) in [5.74, 6) is 0. The highest BCUT2D eigenvalue weighted by Crippen LogP contribution is 2.36. The monoisotopic (exact) mass is 275 g/mol. The first kappa shape index (κ1) is 17.4. The maximum absolute atomic E-state index is 6.79. The average Bonchev–Trinajstić information content (AvgIpc) is 2.17. The zero-order valence-electron chi connectivity index (χ0n) is 13.1. The summed E-state index contributed by atoms with van der Waals surface area (Å²) in [7, 11) is -2.93. The number of hydrogen-bond acceptors (Lipinski definition) is 2. The van der Waals surface area contributed by atoms with Crippen LogP contribution in [0.4, 0.5) is 0 Å². The minimum atomic E-state index is -1.77. The minimum absolute atomic E-state index is 0.611. The van der Waals surface area contributed by atoms with Gasteiger partial charge in [0.25, 0.3) is 0 Å². The van der Waals surface area contributed by atoms with Crippen LogP contribution in [0.15, 0.2) is 0 Å². The molecule has 0 aliphatic carbocycles. The average molecular weight is 276 g/mol. The summed E-state index contributed by atoms with van der Waals surface area (Å²) in [6, 6.07) is 0. The van der Waals surface area contributed by atoms with Crippen LogP contribution in [0.25, 0.3) is 0 Å². The third kappa shape index (κ3) is 4.19. The number of nitrogens with two attached hydrogens (primary N) is 1. The Morgan fingerprint density at radius 2 is 1.24 bits per heavy atom. The van der Waals surface area contributed by atoms with E-state index in [1.807, 2.05) is 0 Å². The normalized spacial score (nSPS) is 13.8. The molecule has 17 heavy (non-hydrogen) atoms. The maximum Gasteiger partial charge on any atom is 0.198 e. The molecule has 0 heterocycles. The molecule has 2 nitrogen and oxygen atoms in total. The lowest BCUT2D eigenvalue weighted by atomic mass is 10.5. The van der Waals surface area contributed by atoms with Crippen LogP contribution in [0.5, 0.6) is 0 Å². The van der Waals surface area contributed by atoms with Gasteiger partial charge in [-0.25, -0.2) is 0 Å². The summed E-state index contributed by atoms with van der Waals surface area (Å²) in [5.41, 5.74) is 8.74. The van der Waals surface area contributed by atoms with E-state index in [4.69, 9.17) is 9.85 Å². The Kier molecular flexibility index (Phi) is 7.22. The molecule has 0 aromatic heterocycles. The molecule has 0 amide bonds. The Balaban J connectivity index is 5.08. The van der Waals surface area contributed by atoms with Gasteiger partial charge in [-0.05, 0) is 22.2 Å². The van der Waals surface area contributed by atoms with Crippen LogP contribution in [-0.2, 0) is 4.12 Å². The van der Waals surface area contributed by atoms with Crippen LogP contribution in [0, 0.1) is 0 Å². The summed E-state index contributed by atoms with van der Waals surface area (Å²) >= 11 is 0. The second kappa shape index (κ2) is 7.07. The van der Waals surface area contributed by atoms with E-state index in [9.17, 15) is 0 Å². The van der Waals surface area contributed by atoms with Crippen molar-refractivity contribution in [1.82, 2.24) is 0 Å². The molecule has 0 radical (unpaired) electrons. The minimum Gasteiger partial charge on any atom is -0.456 e. The maximum atomic E-state index is 6.79. The fourth-order valence-electron chi connectivity index (χ4n) is 2.75. The Labute approximate surface area is 111 Å². The first-order chi connectivity index (χ1) is 7.69. The molecule has 0 spiro atoms. The molecule has 0 aliphatic rings. The lowest BCUT2D eigenvalue weighted by molar-refractivity contribution is 0.483. The molecule has 0 rings (SSSR count). The molecule has 0 saturated heterocycles. The van der Waals surface area contributed by atoms with Gasteiger partial charge >= 0.3 is 0 Å². The van der Waals surface area contributed by atoms with E-state index in [0.29, 0.717) is 22.2 Å². The predicted octanol–water partition coefficient (Wildman–Crippen LogP) is 3.81. The van der Waals surface area contributed by atoms with Crippen molar-refractivity contribution in [3.63, 3.8) is 0 Å². The highest BCUT2D eigenvalue weighted by Gasteiger charge is 2.43. The van der Waals surface area contributed by atoms with Crippen LogP contribution in [0.1, 0.15) is 55.4 Å². The molecule has 0 fully saturated rings. The van der Waals surface area contributed by atoms with Crippen LogP contribution in [-0.4, -0.2) is 23.5 Å². The zero-order valence-corrected chi connectivity index (χ0v) is 15.2. The first-order valence-corrected chi connectivity index (χ1v) is 11.1. The Bertz CT molecular complexity index is 201. The quantitative estimate of drug-likeness (QED) is 0.717. The lowest BCUT2D eigenvalue weighted by Crippen LogP contribution is -2.56. The van der Waals surface area contributed by atoms with E-state index < -0.39 is 17.4 Å². The third-order valence-electron chi connectivity index (χ3n) is 3.94. The number of rotatable bonds is 7. The van der Waals surface area contributed by atoms with Gasteiger partial charge in [-0.15, -0.1) is 0 Å². The molecule has 104 valence electrons. The van der Waals surface area contributed by atoms with Crippen molar-refractivity contribution in [2.45, 2.75) is 77.6 Å². The molecule has 0 saturated carbocycles. The second-order valence-electron chi connectivity index (χ2n) is 6.54. The second-order valence-corrected chi connectivity index (χ2v) is 15.7. The van der Waals surface area contributed by atoms with Crippen LogP contribution in [0.2, 0.25) is 22.2 Å².